The van der Waals surface area contributed by atoms with Crippen LogP contribution in [0.2, 0.25) is 0 Å². The van der Waals surface area contributed by atoms with Gasteiger partial charge in [0.25, 0.3) is 0 Å². The maximum Gasteiger partial charge on any atom is 0.219 e. The molecule has 12 heteroatoms. The van der Waals surface area contributed by atoms with Gasteiger partial charge in [-0.3, -0.25) is 19.2 Å². The molecule has 0 rings (SSSR count). The Morgan fingerprint density at radius 3 is 0.829 bits per heavy atom. The highest BCUT2D eigenvalue weighted by Gasteiger charge is 2.32. The molecule has 0 heterocycles. The molecule has 0 aliphatic rings. The number of ether oxygens (including phenoxy) is 4. The Kier molecular flexibility index (Phi) is 25.1. The number of carbonyl (C=O) groups is 4. The van der Waals surface area contributed by atoms with E-state index in [1.807, 2.05) is 0 Å². The van der Waals surface area contributed by atoms with Crippen molar-refractivity contribution >= 4 is 23.6 Å². The third-order valence-corrected chi connectivity index (χ3v) is 6.52. The van der Waals surface area contributed by atoms with Gasteiger partial charge < -0.3 is 40.2 Å². The van der Waals surface area contributed by atoms with Crippen LogP contribution in [0.3, 0.4) is 0 Å². The van der Waals surface area contributed by atoms with E-state index in [0.717, 1.165) is 51.4 Å². The monoisotopic (exact) mass is 588 g/mol. The van der Waals surface area contributed by atoms with Crippen molar-refractivity contribution in [3.63, 3.8) is 0 Å². The minimum Gasteiger partial charge on any atom is -0.381 e. The van der Waals surface area contributed by atoms with Crippen LogP contribution in [0.5, 0.6) is 0 Å². The van der Waals surface area contributed by atoms with Crippen molar-refractivity contribution in [3.8, 4) is 0 Å². The first kappa shape index (κ1) is 38.7. The average Bonchev–Trinajstić information content (AvgIpc) is 2.99. The third-order valence-electron chi connectivity index (χ3n) is 6.52. The fourth-order valence-electron chi connectivity index (χ4n) is 3.86. The van der Waals surface area contributed by atoms with Crippen molar-refractivity contribution in [1.82, 2.24) is 21.3 Å². The van der Waals surface area contributed by atoms with Crippen molar-refractivity contribution in [3.05, 3.63) is 0 Å². The Morgan fingerprint density at radius 2 is 0.634 bits per heavy atom. The van der Waals surface area contributed by atoms with Gasteiger partial charge in [-0.1, -0.05) is 0 Å². The largest absolute Gasteiger partial charge is 0.381 e. The number of rotatable bonds is 28. The zero-order chi connectivity index (χ0) is 30.6. The molecule has 0 saturated heterocycles. The van der Waals surface area contributed by atoms with Gasteiger partial charge in [0, 0.05) is 80.3 Å². The molecule has 0 bridgehead atoms. The lowest BCUT2D eigenvalue weighted by molar-refractivity contribution is -0.121. The second-order valence-electron chi connectivity index (χ2n) is 10.2. The first-order chi connectivity index (χ1) is 19.8. The molecule has 0 unspecified atom stereocenters. The van der Waals surface area contributed by atoms with Crippen molar-refractivity contribution in [2.45, 2.75) is 77.0 Å². The Labute approximate surface area is 246 Å². The van der Waals surface area contributed by atoms with Crippen LogP contribution in [0.15, 0.2) is 0 Å². The van der Waals surface area contributed by atoms with Gasteiger partial charge in [-0.15, -0.1) is 0 Å². The summed E-state index contributed by atoms with van der Waals surface area (Å²) in [6.07, 6.45) is 7.80. The van der Waals surface area contributed by atoms with E-state index in [2.05, 4.69) is 21.3 Å². The normalized spacial score (nSPS) is 11.2. The van der Waals surface area contributed by atoms with Crippen LogP contribution in [0, 0.1) is 5.41 Å². The predicted octanol–water partition coefficient (Wildman–Crippen LogP) is 1.70. The minimum atomic E-state index is -0.552. The molecule has 0 saturated carbocycles. The molecular weight excluding hydrogens is 532 g/mol. The van der Waals surface area contributed by atoms with Crippen LogP contribution in [-0.4, -0.2) is 105 Å². The van der Waals surface area contributed by atoms with E-state index in [-0.39, 0.29) is 23.6 Å². The summed E-state index contributed by atoms with van der Waals surface area (Å²) < 4.78 is 24.2. The molecule has 0 radical (unpaired) electrons. The van der Waals surface area contributed by atoms with Gasteiger partial charge in [0.2, 0.25) is 23.6 Å². The van der Waals surface area contributed by atoms with Gasteiger partial charge in [-0.05, 0) is 51.4 Å². The number of hydrogen-bond donors (Lipinski definition) is 4. The van der Waals surface area contributed by atoms with E-state index in [0.29, 0.717) is 78.5 Å². The third kappa shape index (κ3) is 23.0. The van der Waals surface area contributed by atoms with E-state index in [1.54, 1.807) is 28.2 Å². The molecule has 12 nitrogen and oxygen atoms in total. The zero-order valence-corrected chi connectivity index (χ0v) is 25.9. The quantitative estimate of drug-likeness (QED) is 0.101. The molecule has 0 atom stereocenters. The van der Waals surface area contributed by atoms with Crippen LogP contribution >= 0.6 is 0 Å². The topological polar surface area (TPSA) is 153 Å². The second kappa shape index (κ2) is 26.6. The van der Waals surface area contributed by atoms with Crippen LogP contribution in [-0.2, 0) is 38.1 Å². The summed E-state index contributed by atoms with van der Waals surface area (Å²) in [4.78, 5) is 45.9. The minimum absolute atomic E-state index is 0.0128. The standard InChI is InChI=1S/C29H56N4O8/c1-30-25(34)13-5-9-17-38-21-29(22-39-18-10-6-14-26(35)31-2,23-40-19-11-7-15-27(36)32-3)24-41-20-12-8-16-28(37)33-4/h5-24H2,1-4H3,(H,30,34)(H,31,35)(H,32,36)(H,33,37). The molecule has 4 amide bonds. The van der Waals surface area contributed by atoms with Crippen molar-refractivity contribution in [2.24, 2.45) is 5.41 Å². The smallest absolute Gasteiger partial charge is 0.219 e. The molecule has 41 heavy (non-hydrogen) atoms. The maximum atomic E-state index is 11.5. The Balaban J connectivity index is 5.04. The van der Waals surface area contributed by atoms with E-state index >= 15 is 0 Å². The molecule has 0 fully saturated rings. The molecule has 240 valence electrons. The highest BCUT2D eigenvalue weighted by Crippen LogP contribution is 2.22. The fourth-order valence-corrected chi connectivity index (χ4v) is 3.86. The SMILES string of the molecule is CNC(=O)CCCCOCC(COCCCCC(=O)NC)(COCCCCC(=O)NC)COCCCCC(=O)NC. The molecule has 0 spiro atoms. The second-order valence-corrected chi connectivity index (χ2v) is 10.2. The van der Waals surface area contributed by atoms with Crippen LogP contribution in [0.1, 0.15) is 77.0 Å². The highest BCUT2D eigenvalue weighted by molar-refractivity contribution is 5.76. The van der Waals surface area contributed by atoms with Crippen LogP contribution in [0.25, 0.3) is 0 Å². The van der Waals surface area contributed by atoms with Crippen molar-refractivity contribution < 1.29 is 38.1 Å². The number of nitrogens with one attached hydrogen (secondary N) is 4. The first-order valence-electron chi connectivity index (χ1n) is 15.0. The van der Waals surface area contributed by atoms with Gasteiger partial charge in [0.05, 0.1) is 31.8 Å². The van der Waals surface area contributed by atoms with Gasteiger partial charge in [0.15, 0.2) is 0 Å². The Bertz CT molecular complexity index is 591. The lowest BCUT2D eigenvalue weighted by atomic mass is 9.92. The summed E-state index contributed by atoms with van der Waals surface area (Å²) in [6, 6.07) is 0. The van der Waals surface area contributed by atoms with E-state index in [4.69, 9.17) is 18.9 Å². The molecule has 4 N–H and O–H groups in total. The fraction of sp³-hybridized carbons (Fsp3) is 0.862. The summed E-state index contributed by atoms with van der Waals surface area (Å²) in [5.41, 5.74) is -0.552. The van der Waals surface area contributed by atoms with Crippen LogP contribution < -0.4 is 21.3 Å². The lowest BCUT2D eigenvalue weighted by Gasteiger charge is -2.33. The number of amides is 4. The Hall–Kier alpha value is -2.28. The van der Waals surface area contributed by atoms with Gasteiger partial charge in [-0.2, -0.15) is 0 Å². The number of unbranched alkanes of at least 4 members (excludes halogenated alkanes) is 4. The summed E-state index contributed by atoms with van der Waals surface area (Å²) in [5.74, 6) is 0.0511. The van der Waals surface area contributed by atoms with Gasteiger partial charge in [0.1, 0.15) is 0 Å². The summed E-state index contributed by atoms with van der Waals surface area (Å²) in [7, 11) is 6.51. The molecule has 0 aromatic rings. The molecule has 0 aromatic carbocycles. The molecular formula is C29H56N4O8. The molecule has 0 aromatic heterocycles. The molecule has 0 aliphatic heterocycles. The van der Waals surface area contributed by atoms with E-state index < -0.39 is 5.41 Å². The predicted molar refractivity (Wildman–Crippen MR) is 157 cm³/mol. The summed E-state index contributed by atoms with van der Waals surface area (Å²) >= 11 is 0. The Morgan fingerprint density at radius 1 is 0.415 bits per heavy atom. The maximum absolute atomic E-state index is 11.5. The number of hydrogen-bond acceptors (Lipinski definition) is 8. The average molecular weight is 589 g/mol. The highest BCUT2D eigenvalue weighted by atomic mass is 16.5. The van der Waals surface area contributed by atoms with Crippen molar-refractivity contribution in [2.75, 3.05) is 81.0 Å². The van der Waals surface area contributed by atoms with E-state index in [1.165, 1.54) is 0 Å². The van der Waals surface area contributed by atoms with E-state index in [9.17, 15) is 19.2 Å². The lowest BCUT2D eigenvalue weighted by Crippen LogP contribution is -2.42. The molecule has 0 aliphatic carbocycles. The summed E-state index contributed by atoms with van der Waals surface area (Å²) in [5, 5.41) is 10.5. The zero-order valence-electron chi connectivity index (χ0n) is 25.9. The first-order valence-corrected chi connectivity index (χ1v) is 15.0. The summed E-state index contributed by atoms with van der Waals surface area (Å²) in [6.45, 7) is 3.46. The van der Waals surface area contributed by atoms with Crippen LogP contribution in [0.4, 0.5) is 0 Å². The number of carbonyl (C=O) groups excluding carboxylic acids is 4. The van der Waals surface area contributed by atoms with Gasteiger partial charge in [-0.25, -0.2) is 0 Å². The van der Waals surface area contributed by atoms with Crippen molar-refractivity contribution in [1.29, 1.82) is 0 Å². The van der Waals surface area contributed by atoms with Gasteiger partial charge >= 0.3 is 0 Å².